The summed E-state index contributed by atoms with van der Waals surface area (Å²) >= 11 is 0. The van der Waals surface area contributed by atoms with Gasteiger partial charge in [-0.15, -0.1) is 0 Å². The molecule has 0 aliphatic rings. The molecule has 0 aliphatic heterocycles. The fourth-order valence-electron chi connectivity index (χ4n) is 4.69. The van der Waals surface area contributed by atoms with Gasteiger partial charge in [-0.2, -0.15) is 0 Å². The highest BCUT2D eigenvalue weighted by Crippen LogP contribution is 2.43. The Morgan fingerprint density at radius 2 is 1.02 bits per heavy atom. The molecule has 0 fully saturated rings. The number of carbonyl (C=O) groups is 2. The van der Waals surface area contributed by atoms with Crippen LogP contribution in [-0.2, 0) is 32.7 Å². The molecule has 0 heterocycles. The molecule has 10 heteroatoms. The first-order valence-corrected chi connectivity index (χ1v) is 18.5. The van der Waals surface area contributed by atoms with Gasteiger partial charge in [-0.1, -0.05) is 136 Å². The van der Waals surface area contributed by atoms with Crippen molar-refractivity contribution in [2.75, 3.05) is 26.4 Å². The summed E-state index contributed by atoms with van der Waals surface area (Å²) in [6.45, 7) is 3.66. The summed E-state index contributed by atoms with van der Waals surface area (Å²) in [5.41, 5.74) is 5.30. The second-order valence-corrected chi connectivity index (χ2v) is 12.9. The van der Waals surface area contributed by atoms with E-state index in [1.54, 1.807) is 0 Å². The smallest absolute Gasteiger partial charge is 0.462 e. The Kier molecular flexibility index (Phi) is 29.3. The van der Waals surface area contributed by atoms with Gasteiger partial charge in [-0.25, -0.2) is 4.57 Å². The first-order chi connectivity index (χ1) is 20.3. The number of ether oxygens (including phenoxy) is 2. The maximum Gasteiger partial charge on any atom is 0.472 e. The fraction of sp³-hybridized carbons (Fsp3) is 0.938. The maximum atomic E-state index is 12.4. The van der Waals surface area contributed by atoms with Crippen molar-refractivity contribution in [2.45, 2.75) is 168 Å². The lowest BCUT2D eigenvalue weighted by atomic mass is 10.0. The molecule has 2 atom stereocenters. The van der Waals surface area contributed by atoms with Crippen LogP contribution < -0.4 is 5.73 Å². The molecule has 250 valence electrons. The van der Waals surface area contributed by atoms with E-state index in [9.17, 15) is 19.0 Å². The van der Waals surface area contributed by atoms with Gasteiger partial charge in [0.15, 0.2) is 6.10 Å². The third-order valence-electron chi connectivity index (χ3n) is 7.24. The standard InChI is InChI=1S/C32H64NO8P/c1-3-5-7-9-11-12-13-14-15-16-17-18-19-21-23-25-32(35)41-30(29-40-42(36,37)39-27-26-33)28-38-31(34)24-22-20-10-8-6-4-2/h30H,3-29,33H2,1-2H3,(H,36,37). The Labute approximate surface area is 257 Å². The molecule has 0 rings (SSSR count). The molecule has 2 unspecified atom stereocenters. The molecule has 3 N–H and O–H groups in total. The van der Waals surface area contributed by atoms with E-state index in [0.29, 0.717) is 6.42 Å². The SMILES string of the molecule is CCCCCCCCCCCCCCCCCC(=O)OC(COC(=O)CCCCCCCC)COP(=O)(O)OCCN. The second kappa shape index (κ2) is 30.1. The van der Waals surface area contributed by atoms with Crippen molar-refractivity contribution in [1.82, 2.24) is 0 Å². The number of esters is 2. The topological polar surface area (TPSA) is 134 Å². The molecule has 0 aromatic carbocycles. The molecule has 0 aliphatic carbocycles. The van der Waals surface area contributed by atoms with E-state index in [2.05, 4.69) is 13.8 Å². The van der Waals surface area contributed by atoms with Gasteiger partial charge in [-0.3, -0.25) is 18.6 Å². The predicted octanol–water partition coefficient (Wildman–Crippen LogP) is 8.55. The molecular formula is C32H64NO8P. The van der Waals surface area contributed by atoms with Crippen LogP contribution in [0.25, 0.3) is 0 Å². The highest BCUT2D eigenvalue weighted by molar-refractivity contribution is 7.47. The summed E-state index contributed by atoms with van der Waals surface area (Å²) in [6.07, 6.45) is 24.5. The number of nitrogens with two attached hydrogens (primary N) is 1. The van der Waals surface area contributed by atoms with Gasteiger partial charge < -0.3 is 20.1 Å². The van der Waals surface area contributed by atoms with E-state index in [1.807, 2.05) is 0 Å². The molecule has 42 heavy (non-hydrogen) atoms. The van der Waals surface area contributed by atoms with Gasteiger partial charge in [-0.05, 0) is 12.8 Å². The fourth-order valence-corrected chi connectivity index (χ4v) is 5.46. The van der Waals surface area contributed by atoms with E-state index in [1.165, 1.54) is 89.9 Å². The molecule has 0 saturated heterocycles. The van der Waals surface area contributed by atoms with Crippen molar-refractivity contribution in [3.05, 3.63) is 0 Å². The average Bonchev–Trinajstić information content (AvgIpc) is 2.97. The van der Waals surface area contributed by atoms with E-state index >= 15 is 0 Å². The molecule has 9 nitrogen and oxygen atoms in total. The molecule has 0 saturated carbocycles. The lowest BCUT2D eigenvalue weighted by Gasteiger charge is -2.19. The lowest BCUT2D eigenvalue weighted by molar-refractivity contribution is -0.161. The Hall–Kier alpha value is -0.990. The van der Waals surface area contributed by atoms with Crippen LogP contribution in [0.15, 0.2) is 0 Å². The third kappa shape index (κ3) is 29.1. The lowest BCUT2D eigenvalue weighted by Crippen LogP contribution is -2.29. The minimum Gasteiger partial charge on any atom is -0.462 e. The van der Waals surface area contributed by atoms with Gasteiger partial charge in [0.2, 0.25) is 0 Å². The average molecular weight is 622 g/mol. The van der Waals surface area contributed by atoms with E-state index in [0.717, 1.165) is 38.5 Å². The van der Waals surface area contributed by atoms with Crippen LogP contribution in [0.1, 0.15) is 162 Å². The predicted molar refractivity (Wildman–Crippen MR) is 169 cm³/mol. The Bertz CT molecular complexity index is 679. The number of unbranched alkanes of at least 4 members (excludes halogenated alkanes) is 19. The van der Waals surface area contributed by atoms with Crippen LogP contribution in [0.5, 0.6) is 0 Å². The van der Waals surface area contributed by atoms with Crippen molar-refractivity contribution in [1.29, 1.82) is 0 Å². The summed E-state index contributed by atoms with van der Waals surface area (Å²) in [4.78, 5) is 34.3. The third-order valence-corrected chi connectivity index (χ3v) is 8.23. The van der Waals surface area contributed by atoms with Crippen molar-refractivity contribution in [3.8, 4) is 0 Å². The number of hydrogen-bond donors (Lipinski definition) is 2. The summed E-state index contributed by atoms with van der Waals surface area (Å²) in [7, 11) is -4.35. The van der Waals surface area contributed by atoms with Crippen LogP contribution in [0.2, 0.25) is 0 Å². The van der Waals surface area contributed by atoms with Crippen LogP contribution in [0.3, 0.4) is 0 Å². The molecule has 0 radical (unpaired) electrons. The van der Waals surface area contributed by atoms with Gasteiger partial charge >= 0.3 is 19.8 Å². The maximum absolute atomic E-state index is 12.4. The molecule has 0 bridgehead atoms. The van der Waals surface area contributed by atoms with Crippen LogP contribution in [0.4, 0.5) is 0 Å². The van der Waals surface area contributed by atoms with E-state index < -0.39 is 26.5 Å². The van der Waals surface area contributed by atoms with Gasteiger partial charge in [0.05, 0.1) is 13.2 Å². The zero-order chi connectivity index (χ0) is 31.2. The highest BCUT2D eigenvalue weighted by atomic mass is 31.2. The zero-order valence-corrected chi connectivity index (χ0v) is 27.9. The number of rotatable bonds is 32. The summed E-state index contributed by atoms with van der Waals surface area (Å²) in [5.74, 6) is -0.832. The largest absolute Gasteiger partial charge is 0.472 e. The van der Waals surface area contributed by atoms with Crippen molar-refractivity contribution < 1.29 is 37.6 Å². The molecule has 0 amide bonds. The van der Waals surface area contributed by atoms with Gasteiger partial charge in [0.25, 0.3) is 0 Å². The van der Waals surface area contributed by atoms with Crippen molar-refractivity contribution in [2.24, 2.45) is 5.73 Å². The van der Waals surface area contributed by atoms with Crippen LogP contribution in [-0.4, -0.2) is 49.3 Å². The van der Waals surface area contributed by atoms with E-state index in [-0.39, 0.29) is 38.6 Å². The molecule has 0 spiro atoms. The Morgan fingerprint density at radius 1 is 0.619 bits per heavy atom. The van der Waals surface area contributed by atoms with Gasteiger partial charge in [0.1, 0.15) is 6.61 Å². The highest BCUT2D eigenvalue weighted by Gasteiger charge is 2.25. The number of carbonyl (C=O) groups excluding carboxylic acids is 2. The van der Waals surface area contributed by atoms with E-state index in [4.69, 9.17) is 24.3 Å². The van der Waals surface area contributed by atoms with Crippen molar-refractivity contribution in [3.63, 3.8) is 0 Å². The second-order valence-electron chi connectivity index (χ2n) is 11.4. The number of phosphoric ester groups is 1. The molecular weight excluding hydrogens is 557 g/mol. The summed E-state index contributed by atoms with van der Waals surface area (Å²) in [5, 5.41) is 0. The minimum atomic E-state index is -4.35. The monoisotopic (exact) mass is 621 g/mol. The summed E-state index contributed by atoms with van der Waals surface area (Å²) < 4.78 is 32.4. The minimum absolute atomic E-state index is 0.0572. The van der Waals surface area contributed by atoms with Crippen LogP contribution >= 0.6 is 7.82 Å². The Balaban J connectivity index is 4.17. The molecule has 0 aromatic rings. The molecule has 0 aromatic heterocycles. The van der Waals surface area contributed by atoms with Crippen LogP contribution in [0, 0.1) is 0 Å². The first-order valence-electron chi connectivity index (χ1n) is 17.0. The zero-order valence-electron chi connectivity index (χ0n) is 27.0. The first kappa shape index (κ1) is 41.0. The Morgan fingerprint density at radius 3 is 1.45 bits per heavy atom. The number of phosphoric acid groups is 1. The van der Waals surface area contributed by atoms with Crippen molar-refractivity contribution >= 4 is 19.8 Å². The summed E-state index contributed by atoms with van der Waals surface area (Å²) in [6, 6.07) is 0. The normalized spacial score (nSPS) is 13.5. The number of hydrogen-bond acceptors (Lipinski definition) is 8. The van der Waals surface area contributed by atoms with Gasteiger partial charge in [0, 0.05) is 19.4 Å². The quantitative estimate of drug-likeness (QED) is 0.0430.